The van der Waals surface area contributed by atoms with Crippen LogP contribution in [0, 0.1) is 0 Å². The highest BCUT2D eigenvalue weighted by Gasteiger charge is 2.34. The van der Waals surface area contributed by atoms with E-state index in [-0.39, 0.29) is 0 Å². The van der Waals surface area contributed by atoms with E-state index in [4.69, 9.17) is 4.74 Å². The normalized spacial score (nSPS) is 31.1. The maximum atomic E-state index is 6.05. The van der Waals surface area contributed by atoms with Gasteiger partial charge in [-0.05, 0) is 45.7 Å². The van der Waals surface area contributed by atoms with Gasteiger partial charge < -0.3 is 10.1 Å². The van der Waals surface area contributed by atoms with Crippen LogP contribution in [0.1, 0.15) is 32.1 Å². The Kier molecular flexibility index (Phi) is 5.01. The molecule has 0 saturated carbocycles. The summed E-state index contributed by atoms with van der Waals surface area (Å²) in [5.41, 5.74) is 0. The van der Waals surface area contributed by atoms with Crippen molar-refractivity contribution in [1.29, 1.82) is 0 Å². The van der Waals surface area contributed by atoms with Crippen LogP contribution >= 0.6 is 0 Å². The number of hydrogen-bond acceptors (Lipinski definition) is 3. The van der Waals surface area contributed by atoms with E-state index in [1.807, 2.05) is 6.08 Å². The van der Waals surface area contributed by atoms with Crippen LogP contribution in [0.2, 0.25) is 0 Å². The topological polar surface area (TPSA) is 24.5 Å². The fourth-order valence-electron chi connectivity index (χ4n) is 3.08. The number of rotatable bonds is 6. The molecule has 2 aliphatic heterocycles. The molecule has 0 bridgehead atoms. The van der Waals surface area contributed by atoms with Crippen molar-refractivity contribution >= 4 is 0 Å². The molecule has 2 fully saturated rings. The predicted octanol–water partition coefficient (Wildman–Crippen LogP) is 1.79. The molecule has 0 aromatic rings. The standard InChI is InChI=1S/C14H26N2O/c1-3-4-5-8-13(15-2)14-10-16-9-6-7-12(16)11-17-14/h3,12-15H,1,4-11H2,2H3. The number of likely N-dealkylation sites (N-methyl/N-ethyl adjacent to an activating group) is 1. The number of morpholine rings is 1. The smallest absolute Gasteiger partial charge is 0.0855 e. The Morgan fingerprint density at radius 2 is 2.47 bits per heavy atom. The molecule has 0 aromatic heterocycles. The Bertz CT molecular complexity index is 244. The van der Waals surface area contributed by atoms with E-state index in [9.17, 15) is 0 Å². The molecule has 3 heteroatoms. The van der Waals surface area contributed by atoms with Crippen LogP contribution in [0.3, 0.4) is 0 Å². The molecule has 98 valence electrons. The Morgan fingerprint density at radius 3 is 3.24 bits per heavy atom. The molecule has 3 unspecified atom stereocenters. The van der Waals surface area contributed by atoms with Crippen molar-refractivity contribution < 1.29 is 4.74 Å². The number of fused-ring (bicyclic) bond motifs is 1. The number of ether oxygens (including phenoxy) is 1. The van der Waals surface area contributed by atoms with E-state index in [0.717, 1.165) is 19.6 Å². The van der Waals surface area contributed by atoms with Crippen molar-refractivity contribution in [3.63, 3.8) is 0 Å². The van der Waals surface area contributed by atoms with Gasteiger partial charge in [-0.15, -0.1) is 6.58 Å². The summed E-state index contributed by atoms with van der Waals surface area (Å²) in [6.07, 6.45) is 8.56. The largest absolute Gasteiger partial charge is 0.374 e. The second-order valence-electron chi connectivity index (χ2n) is 5.28. The van der Waals surface area contributed by atoms with Crippen molar-refractivity contribution in [2.24, 2.45) is 0 Å². The van der Waals surface area contributed by atoms with Crippen molar-refractivity contribution in [2.75, 3.05) is 26.7 Å². The van der Waals surface area contributed by atoms with Gasteiger partial charge in [-0.2, -0.15) is 0 Å². The van der Waals surface area contributed by atoms with E-state index in [1.165, 1.54) is 32.2 Å². The Balaban J connectivity index is 1.80. The zero-order chi connectivity index (χ0) is 12.1. The molecule has 0 radical (unpaired) electrons. The third kappa shape index (κ3) is 3.30. The minimum absolute atomic E-state index is 0.374. The number of hydrogen-bond donors (Lipinski definition) is 1. The lowest BCUT2D eigenvalue weighted by Gasteiger charge is -2.38. The summed E-state index contributed by atoms with van der Waals surface area (Å²) in [5, 5.41) is 3.42. The minimum atomic E-state index is 0.374. The maximum absolute atomic E-state index is 6.05. The zero-order valence-electron chi connectivity index (χ0n) is 11.0. The van der Waals surface area contributed by atoms with E-state index in [2.05, 4.69) is 23.8 Å². The third-order valence-electron chi connectivity index (χ3n) is 4.16. The van der Waals surface area contributed by atoms with Crippen LogP contribution in [0.4, 0.5) is 0 Å². The van der Waals surface area contributed by atoms with E-state index >= 15 is 0 Å². The molecular weight excluding hydrogens is 212 g/mol. The molecule has 1 N–H and O–H groups in total. The lowest BCUT2D eigenvalue weighted by atomic mass is 10.0. The molecule has 17 heavy (non-hydrogen) atoms. The highest BCUT2D eigenvalue weighted by Crippen LogP contribution is 2.24. The summed E-state index contributed by atoms with van der Waals surface area (Å²) in [7, 11) is 2.05. The van der Waals surface area contributed by atoms with Gasteiger partial charge in [-0.1, -0.05) is 6.08 Å². The second kappa shape index (κ2) is 6.53. The minimum Gasteiger partial charge on any atom is -0.374 e. The first-order valence-corrected chi connectivity index (χ1v) is 6.99. The van der Waals surface area contributed by atoms with Crippen molar-refractivity contribution in [3.8, 4) is 0 Å². The first-order valence-electron chi connectivity index (χ1n) is 6.99. The first-order chi connectivity index (χ1) is 8.35. The molecule has 2 rings (SSSR count). The van der Waals surface area contributed by atoms with Gasteiger partial charge in [0, 0.05) is 18.6 Å². The first kappa shape index (κ1) is 13.1. The summed E-state index contributed by atoms with van der Waals surface area (Å²) in [4.78, 5) is 2.62. The highest BCUT2D eigenvalue weighted by molar-refractivity contribution is 4.89. The van der Waals surface area contributed by atoms with Gasteiger partial charge in [-0.3, -0.25) is 4.90 Å². The molecule has 0 aliphatic carbocycles. The van der Waals surface area contributed by atoms with Crippen molar-refractivity contribution in [2.45, 2.75) is 50.3 Å². The van der Waals surface area contributed by atoms with Gasteiger partial charge in [-0.25, -0.2) is 0 Å². The van der Waals surface area contributed by atoms with Crippen molar-refractivity contribution in [1.82, 2.24) is 10.2 Å². The summed E-state index contributed by atoms with van der Waals surface area (Å²) >= 11 is 0. The molecule has 0 spiro atoms. The summed E-state index contributed by atoms with van der Waals surface area (Å²) in [6.45, 7) is 7.10. The lowest BCUT2D eigenvalue weighted by molar-refractivity contribution is -0.0647. The molecular formula is C14H26N2O. The van der Waals surface area contributed by atoms with E-state index < -0.39 is 0 Å². The fraction of sp³-hybridized carbons (Fsp3) is 0.857. The average molecular weight is 238 g/mol. The third-order valence-corrected chi connectivity index (χ3v) is 4.16. The fourth-order valence-corrected chi connectivity index (χ4v) is 3.08. The van der Waals surface area contributed by atoms with Gasteiger partial charge in [0.2, 0.25) is 0 Å². The van der Waals surface area contributed by atoms with E-state index in [1.54, 1.807) is 0 Å². The van der Waals surface area contributed by atoms with Crippen LogP contribution in [-0.2, 0) is 4.74 Å². The molecule has 0 aromatic carbocycles. The number of allylic oxidation sites excluding steroid dienone is 1. The predicted molar refractivity (Wildman–Crippen MR) is 71.2 cm³/mol. The Labute approximate surface area is 105 Å². The molecule has 2 aliphatic rings. The van der Waals surface area contributed by atoms with Crippen LogP contribution < -0.4 is 5.32 Å². The Hall–Kier alpha value is -0.380. The summed E-state index contributed by atoms with van der Waals surface area (Å²) < 4.78 is 6.05. The van der Waals surface area contributed by atoms with Gasteiger partial charge in [0.1, 0.15) is 0 Å². The number of nitrogens with zero attached hydrogens (tertiary/aromatic N) is 1. The maximum Gasteiger partial charge on any atom is 0.0855 e. The molecule has 2 heterocycles. The molecule has 0 amide bonds. The molecule has 2 saturated heterocycles. The molecule has 3 nitrogen and oxygen atoms in total. The van der Waals surface area contributed by atoms with Gasteiger partial charge in [0.05, 0.1) is 12.7 Å². The van der Waals surface area contributed by atoms with Crippen LogP contribution in [-0.4, -0.2) is 49.8 Å². The monoisotopic (exact) mass is 238 g/mol. The SMILES string of the molecule is C=CCCCC(NC)C1CN2CCCC2CO1. The van der Waals surface area contributed by atoms with Crippen molar-refractivity contribution in [3.05, 3.63) is 12.7 Å². The number of nitrogens with one attached hydrogen (secondary N) is 1. The second-order valence-corrected chi connectivity index (χ2v) is 5.28. The van der Waals surface area contributed by atoms with Gasteiger partial charge in [0.25, 0.3) is 0 Å². The van der Waals surface area contributed by atoms with Crippen LogP contribution in [0.5, 0.6) is 0 Å². The average Bonchev–Trinajstić information content (AvgIpc) is 2.82. The van der Waals surface area contributed by atoms with Crippen LogP contribution in [0.25, 0.3) is 0 Å². The highest BCUT2D eigenvalue weighted by atomic mass is 16.5. The zero-order valence-corrected chi connectivity index (χ0v) is 11.0. The van der Waals surface area contributed by atoms with Gasteiger partial charge >= 0.3 is 0 Å². The summed E-state index contributed by atoms with van der Waals surface area (Å²) in [5.74, 6) is 0. The van der Waals surface area contributed by atoms with E-state index in [0.29, 0.717) is 18.2 Å². The Morgan fingerprint density at radius 1 is 1.59 bits per heavy atom. The lowest BCUT2D eigenvalue weighted by Crippen LogP contribution is -2.53. The summed E-state index contributed by atoms with van der Waals surface area (Å²) in [6, 6.07) is 1.20. The quantitative estimate of drug-likeness (QED) is 0.564. The number of unbranched alkanes of at least 4 members (excludes halogenated alkanes) is 1. The van der Waals surface area contributed by atoms with Crippen LogP contribution in [0.15, 0.2) is 12.7 Å². The molecule has 3 atom stereocenters. The van der Waals surface area contributed by atoms with Gasteiger partial charge in [0.15, 0.2) is 0 Å².